The first kappa shape index (κ1) is 15.8. The van der Waals surface area contributed by atoms with Crippen molar-refractivity contribution in [1.82, 2.24) is 0 Å². The van der Waals surface area contributed by atoms with Crippen LogP contribution in [0.25, 0.3) is 0 Å². The summed E-state index contributed by atoms with van der Waals surface area (Å²) < 4.78 is 3.14. The molecule has 1 heterocycles. The standard InChI is InChI=1S/C13H15BrNOS.BrH/c1-9-10(2)17-8-15(9)7-13(16)11-3-5-12(14)6-4-11;/h3-6,8,13,16H,7H2,1-2H3;1H/q+1;/p-1. The summed E-state index contributed by atoms with van der Waals surface area (Å²) in [5.41, 5.74) is 4.24. The highest BCUT2D eigenvalue weighted by molar-refractivity contribution is 9.10. The molecular weight excluding hydrogens is 378 g/mol. The number of aromatic nitrogens is 1. The highest BCUT2D eigenvalue weighted by Gasteiger charge is 2.18. The van der Waals surface area contributed by atoms with Gasteiger partial charge < -0.3 is 22.1 Å². The number of hydrogen-bond acceptors (Lipinski definition) is 2. The number of nitrogens with zero attached hydrogens (tertiary/aromatic N) is 1. The molecule has 1 aromatic carbocycles. The van der Waals surface area contributed by atoms with Gasteiger partial charge in [0.25, 0.3) is 0 Å². The molecule has 2 nitrogen and oxygen atoms in total. The Hall–Kier alpha value is -0.230. The van der Waals surface area contributed by atoms with Gasteiger partial charge in [0, 0.05) is 11.4 Å². The first-order chi connectivity index (χ1) is 8.08. The van der Waals surface area contributed by atoms with E-state index >= 15 is 0 Å². The van der Waals surface area contributed by atoms with Crippen molar-refractivity contribution >= 4 is 27.3 Å². The predicted molar refractivity (Wildman–Crippen MR) is 73.1 cm³/mol. The Morgan fingerprint density at radius 1 is 1.28 bits per heavy atom. The monoisotopic (exact) mass is 391 g/mol. The van der Waals surface area contributed by atoms with Gasteiger partial charge in [0.2, 0.25) is 5.51 Å². The highest BCUT2D eigenvalue weighted by Crippen LogP contribution is 2.18. The van der Waals surface area contributed by atoms with Gasteiger partial charge in [-0.05, 0) is 24.6 Å². The number of benzene rings is 1. The van der Waals surface area contributed by atoms with Crippen LogP contribution in [0.3, 0.4) is 0 Å². The van der Waals surface area contributed by atoms with E-state index in [2.05, 4.69) is 39.9 Å². The summed E-state index contributed by atoms with van der Waals surface area (Å²) in [6.07, 6.45) is -0.458. The molecule has 0 aliphatic rings. The molecule has 1 atom stereocenters. The number of aryl methyl sites for hydroxylation is 1. The van der Waals surface area contributed by atoms with Crippen LogP contribution in [-0.4, -0.2) is 5.11 Å². The lowest BCUT2D eigenvalue weighted by Crippen LogP contribution is -3.00. The minimum absolute atomic E-state index is 0. The number of thiazole rings is 1. The Morgan fingerprint density at radius 2 is 1.89 bits per heavy atom. The molecule has 0 amide bonds. The van der Waals surface area contributed by atoms with Crippen LogP contribution in [0, 0.1) is 13.8 Å². The molecule has 18 heavy (non-hydrogen) atoms. The van der Waals surface area contributed by atoms with Crippen molar-refractivity contribution in [2.45, 2.75) is 26.5 Å². The van der Waals surface area contributed by atoms with Gasteiger partial charge in [0.05, 0.1) is 4.88 Å². The van der Waals surface area contributed by atoms with Crippen LogP contribution < -0.4 is 21.5 Å². The molecule has 0 radical (unpaired) electrons. The quantitative estimate of drug-likeness (QED) is 0.739. The summed E-state index contributed by atoms with van der Waals surface area (Å²) >= 11 is 5.11. The normalized spacial score (nSPS) is 12.0. The molecule has 1 N–H and O–H groups in total. The number of aliphatic hydroxyl groups is 1. The van der Waals surface area contributed by atoms with Gasteiger partial charge in [0.15, 0.2) is 12.2 Å². The molecule has 0 aliphatic carbocycles. The summed E-state index contributed by atoms with van der Waals surface area (Å²) in [4.78, 5) is 1.30. The zero-order chi connectivity index (χ0) is 12.4. The molecule has 0 saturated carbocycles. The third-order valence-corrected chi connectivity index (χ3v) is 4.46. The second-order valence-electron chi connectivity index (χ2n) is 4.08. The van der Waals surface area contributed by atoms with Crippen LogP contribution in [0.4, 0.5) is 0 Å². The van der Waals surface area contributed by atoms with Gasteiger partial charge in [-0.25, -0.2) is 0 Å². The minimum Gasteiger partial charge on any atom is -1.00 e. The van der Waals surface area contributed by atoms with Gasteiger partial charge in [-0.3, -0.25) is 0 Å². The predicted octanol–water partition coefficient (Wildman–Crippen LogP) is 0.153. The average Bonchev–Trinajstić information content (AvgIpc) is 2.62. The van der Waals surface area contributed by atoms with E-state index in [9.17, 15) is 5.11 Å². The molecule has 0 bridgehead atoms. The van der Waals surface area contributed by atoms with Crippen molar-refractivity contribution in [3.63, 3.8) is 0 Å². The van der Waals surface area contributed by atoms with E-state index in [1.807, 2.05) is 24.3 Å². The molecule has 98 valence electrons. The Kier molecular flexibility index (Phi) is 5.98. The van der Waals surface area contributed by atoms with Gasteiger partial charge in [-0.1, -0.05) is 39.4 Å². The topological polar surface area (TPSA) is 24.1 Å². The molecular formula is C13H15Br2NOS. The molecule has 0 fully saturated rings. The van der Waals surface area contributed by atoms with Crippen molar-refractivity contribution in [3.05, 3.63) is 50.4 Å². The van der Waals surface area contributed by atoms with E-state index in [0.717, 1.165) is 10.0 Å². The Balaban J connectivity index is 0.00000162. The maximum atomic E-state index is 10.2. The van der Waals surface area contributed by atoms with E-state index in [1.165, 1.54) is 10.6 Å². The second-order valence-corrected chi connectivity index (χ2v) is 6.06. The number of halogens is 2. The maximum absolute atomic E-state index is 10.2. The Morgan fingerprint density at radius 3 is 2.39 bits per heavy atom. The maximum Gasteiger partial charge on any atom is 0.225 e. The molecule has 0 saturated heterocycles. The van der Waals surface area contributed by atoms with E-state index in [0.29, 0.717) is 6.54 Å². The first-order valence-corrected chi connectivity index (χ1v) is 7.13. The van der Waals surface area contributed by atoms with E-state index in [4.69, 9.17) is 0 Å². The summed E-state index contributed by atoms with van der Waals surface area (Å²) in [7, 11) is 0. The zero-order valence-electron chi connectivity index (χ0n) is 10.2. The fourth-order valence-corrected chi connectivity index (χ4v) is 2.75. The van der Waals surface area contributed by atoms with Crippen LogP contribution in [0.1, 0.15) is 22.2 Å². The van der Waals surface area contributed by atoms with Crippen LogP contribution in [0.2, 0.25) is 0 Å². The van der Waals surface area contributed by atoms with Gasteiger partial charge in [0.1, 0.15) is 6.10 Å². The fourth-order valence-electron chi connectivity index (χ4n) is 1.67. The number of hydrogen-bond donors (Lipinski definition) is 1. The van der Waals surface area contributed by atoms with Crippen LogP contribution in [-0.2, 0) is 6.54 Å². The number of aliphatic hydroxyl groups excluding tert-OH is 1. The van der Waals surface area contributed by atoms with Crippen molar-refractivity contribution in [1.29, 1.82) is 0 Å². The summed E-state index contributed by atoms with van der Waals surface area (Å²) in [6, 6.07) is 7.80. The van der Waals surface area contributed by atoms with Crippen molar-refractivity contribution in [2.24, 2.45) is 0 Å². The summed E-state index contributed by atoms with van der Waals surface area (Å²) in [6.45, 7) is 4.79. The van der Waals surface area contributed by atoms with E-state index < -0.39 is 6.10 Å². The Labute approximate surface area is 130 Å². The number of rotatable bonds is 3. The summed E-state index contributed by atoms with van der Waals surface area (Å²) in [5.74, 6) is 0. The van der Waals surface area contributed by atoms with Gasteiger partial charge >= 0.3 is 0 Å². The lowest BCUT2D eigenvalue weighted by atomic mass is 10.1. The SMILES string of the molecule is Cc1sc[n+](CC(O)c2ccc(Br)cc2)c1C.[Br-]. The van der Waals surface area contributed by atoms with Crippen LogP contribution in [0.5, 0.6) is 0 Å². The molecule has 0 aliphatic heterocycles. The Bertz CT molecular complexity index is 510. The van der Waals surface area contributed by atoms with E-state index in [1.54, 1.807) is 11.3 Å². The largest absolute Gasteiger partial charge is 1.00 e. The summed E-state index contributed by atoms with van der Waals surface area (Å²) in [5, 5.41) is 10.2. The van der Waals surface area contributed by atoms with Crippen molar-refractivity contribution in [3.8, 4) is 0 Å². The third kappa shape index (κ3) is 3.63. The van der Waals surface area contributed by atoms with Crippen molar-refractivity contribution in [2.75, 3.05) is 0 Å². The van der Waals surface area contributed by atoms with Gasteiger partial charge in [-0.2, -0.15) is 4.57 Å². The third-order valence-electron chi connectivity index (χ3n) is 2.92. The molecule has 1 aromatic heterocycles. The smallest absolute Gasteiger partial charge is 0.225 e. The molecule has 5 heteroatoms. The van der Waals surface area contributed by atoms with Crippen LogP contribution in [0.15, 0.2) is 34.2 Å². The van der Waals surface area contributed by atoms with Crippen LogP contribution >= 0.6 is 27.3 Å². The van der Waals surface area contributed by atoms with E-state index in [-0.39, 0.29) is 17.0 Å². The second kappa shape index (κ2) is 6.80. The fraction of sp³-hybridized carbons (Fsp3) is 0.308. The lowest BCUT2D eigenvalue weighted by molar-refractivity contribution is -0.706. The minimum atomic E-state index is -0.458. The molecule has 1 unspecified atom stereocenters. The average molecular weight is 393 g/mol. The van der Waals surface area contributed by atoms with Crippen molar-refractivity contribution < 1.29 is 26.7 Å². The molecule has 2 rings (SSSR count). The highest BCUT2D eigenvalue weighted by atomic mass is 79.9. The molecule has 0 spiro atoms. The van der Waals surface area contributed by atoms with Gasteiger partial charge in [-0.15, -0.1) is 0 Å². The molecule has 2 aromatic rings. The zero-order valence-corrected chi connectivity index (χ0v) is 14.2. The lowest BCUT2D eigenvalue weighted by Gasteiger charge is -2.07. The first-order valence-electron chi connectivity index (χ1n) is 5.45.